The van der Waals surface area contributed by atoms with Gasteiger partial charge in [0.05, 0.1) is 0 Å². The van der Waals surface area contributed by atoms with Crippen LogP contribution in [0.3, 0.4) is 0 Å². The van der Waals surface area contributed by atoms with Gasteiger partial charge >= 0.3 is 0 Å². The lowest BCUT2D eigenvalue weighted by Crippen LogP contribution is -1.72. The van der Waals surface area contributed by atoms with Crippen LogP contribution in [0.2, 0.25) is 0 Å². The van der Waals surface area contributed by atoms with Crippen LogP contribution in [0.4, 0.5) is 0 Å². The first-order valence-corrected chi connectivity index (χ1v) is 9.65. The summed E-state index contributed by atoms with van der Waals surface area (Å²) in [6, 6.07) is 0. The third-order valence-electron chi connectivity index (χ3n) is 1.29. The largest absolute Gasteiger partial charge is 0.0817 e. The molecule has 0 saturated carbocycles. The van der Waals surface area contributed by atoms with Gasteiger partial charge in [0.25, 0.3) is 0 Å². The molecular weight excluding hydrogens is 224 g/mol. The lowest BCUT2D eigenvalue weighted by atomic mass is 10.4. The summed E-state index contributed by atoms with van der Waals surface area (Å²) in [7, 11) is 7.87. The quantitative estimate of drug-likeness (QED) is 0.399. The van der Waals surface area contributed by atoms with Gasteiger partial charge in [-0.3, -0.25) is 0 Å². The Balaban J connectivity index is 2.73. The maximum absolute atomic E-state index is 2.24. The molecule has 0 aliphatic rings. The lowest BCUT2D eigenvalue weighted by Gasteiger charge is -1.98. The first kappa shape index (κ1) is 13.4. The van der Waals surface area contributed by atoms with Crippen LogP contribution in [0.1, 0.15) is 39.5 Å². The molecule has 0 unspecified atom stereocenters. The van der Waals surface area contributed by atoms with Crippen molar-refractivity contribution < 1.29 is 0 Å². The number of rotatable bonds is 9. The van der Waals surface area contributed by atoms with Gasteiger partial charge in [0.15, 0.2) is 0 Å². The highest BCUT2D eigenvalue weighted by atomic mass is 33.7. The molecule has 0 amide bonds. The highest BCUT2D eigenvalue weighted by Gasteiger charge is 1.91. The molecule has 0 aromatic rings. The zero-order chi connectivity index (χ0) is 9.07. The zero-order valence-electron chi connectivity index (χ0n) is 7.88. The smallest absolute Gasteiger partial charge is 0.00453 e. The molecule has 0 aromatic heterocycles. The van der Waals surface area contributed by atoms with Crippen molar-refractivity contribution >= 4 is 41.2 Å². The zero-order valence-corrected chi connectivity index (χ0v) is 11.1. The van der Waals surface area contributed by atoms with E-state index in [-0.39, 0.29) is 0 Å². The summed E-state index contributed by atoms with van der Waals surface area (Å²) in [5, 5.41) is 0. The Hall–Kier alpha value is 1.40. The van der Waals surface area contributed by atoms with E-state index in [1.807, 2.05) is 41.2 Å². The molecule has 0 heterocycles. The second-order valence-corrected chi connectivity index (χ2v) is 8.73. The van der Waals surface area contributed by atoms with Gasteiger partial charge in [-0.15, -0.1) is 0 Å². The van der Waals surface area contributed by atoms with Crippen molar-refractivity contribution in [3.63, 3.8) is 0 Å². The van der Waals surface area contributed by atoms with E-state index in [2.05, 4.69) is 13.8 Å². The van der Waals surface area contributed by atoms with Crippen LogP contribution in [0.15, 0.2) is 0 Å². The molecule has 74 valence electrons. The molecule has 4 heteroatoms. The number of hydrogen-bond donors (Lipinski definition) is 0. The average molecular weight is 242 g/mol. The molecule has 0 N–H and O–H groups in total. The third-order valence-corrected chi connectivity index (χ3v) is 7.92. The molecule has 0 saturated heterocycles. The second-order valence-electron chi connectivity index (χ2n) is 2.49. The van der Waals surface area contributed by atoms with E-state index in [4.69, 9.17) is 0 Å². The average Bonchev–Trinajstić information content (AvgIpc) is 2.10. The maximum atomic E-state index is 2.24. The predicted molar refractivity (Wildman–Crippen MR) is 69.9 cm³/mol. The summed E-state index contributed by atoms with van der Waals surface area (Å²) < 4.78 is 0. The molecule has 0 aliphatic heterocycles. The SMILES string of the molecule is CCCCSSSSCCCC. The van der Waals surface area contributed by atoms with Gasteiger partial charge in [-0.2, -0.15) is 0 Å². The Bertz CT molecular complexity index is 67.5. The topological polar surface area (TPSA) is 0 Å². The van der Waals surface area contributed by atoms with Gasteiger partial charge in [0.1, 0.15) is 0 Å². The van der Waals surface area contributed by atoms with Crippen molar-refractivity contribution in [1.29, 1.82) is 0 Å². The highest BCUT2D eigenvalue weighted by Crippen LogP contribution is 2.43. The van der Waals surface area contributed by atoms with E-state index >= 15 is 0 Å². The second kappa shape index (κ2) is 12.4. The molecule has 0 bridgehead atoms. The van der Waals surface area contributed by atoms with Crippen molar-refractivity contribution in [3.05, 3.63) is 0 Å². The van der Waals surface area contributed by atoms with Crippen LogP contribution >= 0.6 is 41.2 Å². The third kappa shape index (κ3) is 11.4. The molecule has 12 heavy (non-hydrogen) atoms. The van der Waals surface area contributed by atoms with Crippen molar-refractivity contribution in [2.24, 2.45) is 0 Å². The first-order valence-electron chi connectivity index (χ1n) is 4.49. The fraction of sp³-hybridized carbons (Fsp3) is 1.00. The van der Waals surface area contributed by atoms with Gasteiger partial charge in [-0.25, -0.2) is 0 Å². The molecule has 0 nitrogen and oxygen atoms in total. The minimum atomic E-state index is 1.31. The van der Waals surface area contributed by atoms with E-state index in [9.17, 15) is 0 Å². The van der Waals surface area contributed by atoms with E-state index in [0.717, 1.165) is 0 Å². The minimum absolute atomic E-state index is 1.31. The molecule has 0 aromatic carbocycles. The first-order chi connectivity index (χ1) is 5.91. The van der Waals surface area contributed by atoms with Crippen LogP contribution in [-0.2, 0) is 0 Å². The Kier molecular flexibility index (Phi) is 13.8. The van der Waals surface area contributed by atoms with E-state index in [1.54, 1.807) is 0 Å². The standard InChI is InChI=1S/C8H18S4/c1-3-5-7-9-11-12-10-8-6-4-2/h3-8H2,1-2H3. The predicted octanol–water partition coefficient (Wildman–Crippen LogP) is 5.26. The molecular formula is C8H18S4. The van der Waals surface area contributed by atoms with Crippen molar-refractivity contribution in [2.75, 3.05) is 11.5 Å². The van der Waals surface area contributed by atoms with Crippen molar-refractivity contribution in [3.8, 4) is 0 Å². The van der Waals surface area contributed by atoms with Crippen LogP contribution in [0.5, 0.6) is 0 Å². The van der Waals surface area contributed by atoms with Crippen LogP contribution in [-0.4, -0.2) is 11.5 Å². The van der Waals surface area contributed by atoms with E-state index in [1.165, 1.54) is 37.2 Å². The summed E-state index contributed by atoms with van der Waals surface area (Å²) in [6.07, 6.45) is 5.36. The van der Waals surface area contributed by atoms with Crippen LogP contribution < -0.4 is 0 Å². The summed E-state index contributed by atoms with van der Waals surface area (Å²) in [4.78, 5) is 0. The summed E-state index contributed by atoms with van der Waals surface area (Å²) >= 11 is 0. The fourth-order valence-corrected chi connectivity index (χ4v) is 6.95. The fourth-order valence-electron chi connectivity index (χ4n) is 0.514. The molecule has 0 rings (SSSR count). The summed E-state index contributed by atoms with van der Waals surface area (Å²) in [6.45, 7) is 4.49. The molecule has 0 radical (unpaired) electrons. The molecule has 0 spiro atoms. The number of hydrogen-bond acceptors (Lipinski definition) is 4. The Morgan fingerprint density at radius 3 is 1.50 bits per heavy atom. The lowest BCUT2D eigenvalue weighted by molar-refractivity contribution is 0.898. The summed E-state index contributed by atoms with van der Waals surface area (Å²) in [5.41, 5.74) is 0. The van der Waals surface area contributed by atoms with Gasteiger partial charge in [-0.05, 0) is 32.5 Å². The van der Waals surface area contributed by atoms with Crippen molar-refractivity contribution in [2.45, 2.75) is 39.5 Å². The van der Waals surface area contributed by atoms with Gasteiger partial charge in [0.2, 0.25) is 0 Å². The molecule has 0 atom stereocenters. The molecule has 0 fully saturated rings. The highest BCUT2D eigenvalue weighted by molar-refractivity contribution is 9.26. The minimum Gasteiger partial charge on any atom is -0.0817 e. The Morgan fingerprint density at radius 1 is 0.750 bits per heavy atom. The van der Waals surface area contributed by atoms with Gasteiger partial charge in [0, 0.05) is 11.5 Å². The van der Waals surface area contributed by atoms with E-state index in [0.29, 0.717) is 0 Å². The van der Waals surface area contributed by atoms with Gasteiger partial charge < -0.3 is 0 Å². The Labute approximate surface area is 92.0 Å². The van der Waals surface area contributed by atoms with Crippen LogP contribution in [0.25, 0.3) is 0 Å². The van der Waals surface area contributed by atoms with Crippen LogP contribution in [0, 0.1) is 0 Å². The van der Waals surface area contributed by atoms with Gasteiger partial charge in [-0.1, -0.05) is 48.3 Å². The van der Waals surface area contributed by atoms with Crippen molar-refractivity contribution in [1.82, 2.24) is 0 Å². The number of unbranched alkanes of at least 4 members (excludes halogenated alkanes) is 2. The Morgan fingerprint density at radius 2 is 1.17 bits per heavy atom. The molecule has 0 aliphatic carbocycles. The van der Waals surface area contributed by atoms with E-state index < -0.39 is 0 Å². The summed E-state index contributed by atoms with van der Waals surface area (Å²) in [5.74, 6) is 2.62. The maximum Gasteiger partial charge on any atom is 0.00453 e. The monoisotopic (exact) mass is 242 g/mol. The normalized spacial score (nSPS) is 10.5.